The van der Waals surface area contributed by atoms with Crippen LogP contribution in [0.25, 0.3) is 0 Å². The second kappa shape index (κ2) is 5.96. The lowest BCUT2D eigenvalue weighted by Crippen LogP contribution is -2.01. The highest BCUT2D eigenvalue weighted by Gasteiger charge is 2.05. The number of hydrogen-bond donors (Lipinski definition) is 1. The van der Waals surface area contributed by atoms with Gasteiger partial charge in [0.15, 0.2) is 0 Å². The van der Waals surface area contributed by atoms with Gasteiger partial charge in [-0.25, -0.2) is 0 Å². The molecular formula is C15H19N. The molecule has 2 N–H and O–H groups in total. The molecular weight excluding hydrogens is 194 g/mol. The van der Waals surface area contributed by atoms with E-state index in [-0.39, 0.29) is 0 Å². The van der Waals surface area contributed by atoms with Crippen molar-refractivity contribution in [2.75, 3.05) is 5.73 Å². The SMILES string of the molecule is C=CCc1cc(CC=C)c(N)c(CC=C)c1. The van der Waals surface area contributed by atoms with Crippen LogP contribution in [-0.4, -0.2) is 0 Å². The van der Waals surface area contributed by atoms with Crippen LogP contribution in [0.15, 0.2) is 50.1 Å². The van der Waals surface area contributed by atoms with Crippen LogP contribution in [-0.2, 0) is 19.3 Å². The predicted molar refractivity (Wildman–Crippen MR) is 72.6 cm³/mol. The van der Waals surface area contributed by atoms with E-state index in [1.54, 1.807) is 0 Å². The van der Waals surface area contributed by atoms with Crippen molar-refractivity contribution in [1.82, 2.24) is 0 Å². The summed E-state index contributed by atoms with van der Waals surface area (Å²) in [4.78, 5) is 0. The first-order valence-electron chi connectivity index (χ1n) is 5.45. The highest BCUT2D eigenvalue weighted by molar-refractivity contribution is 5.57. The molecule has 1 rings (SSSR count). The van der Waals surface area contributed by atoms with E-state index in [0.717, 1.165) is 36.1 Å². The van der Waals surface area contributed by atoms with E-state index in [0.29, 0.717) is 0 Å². The molecule has 0 bridgehead atoms. The van der Waals surface area contributed by atoms with Crippen LogP contribution >= 0.6 is 0 Å². The molecule has 0 aliphatic heterocycles. The first-order valence-corrected chi connectivity index (χ1v) is 5.45. The number of hydrogen-bond acceptors (Lipinski definition) is 1. The van der Waals surface area contributed by atoms with Gasteiger partial charge in [0.2, 0.25) is 0 Å². The molecule has 0 radical (unpaired) electrons. The first kappa shape index (κ1) is 12.3. The quantitative estimate of drug-likeness (QED) is 0.568. The molecule has 1 aromatic carbocycles. The van der Waals surface area contributed by atoms with Crippen molar-refractivity contribution in [1.29, 1.82) is 0 Å². The molecule has 1 heteroatoms. The van der Waals surface area contributed by atoms with E-state index in [1.165, 1.54) is 5.56 Å². The average molecular weight is 213 g/mol. The molecule has 0 aliphatic carbocycles. The van der Waals surface area contributed by atoms with Crippen molar-refractivity contribution in [3.05, 3.63) is 66.8 Å². The van der Waals surface area contributed by atoms with Crippen molar-refractivity contribution in [2.45, 2.75) is 19.3 Å². The maximum absolute atomic E-state index is 6.10. The van der Waals surface area contributed by atoms with E-state index in [1.807, 2.05) is 18.2 Å². The lowest BCUT2D eigenvalue weighted by Gasteiger charge is -2.11. The van der Waals surface area contributed by atoms with Crippen LogP contribution in [0, 0.1) is 0 Å². The molecule has 16 heavy (non-hydrogen) atoms. The Kier molecular flexibility index (Phi) is 4.59. The second-order valence-electron chi connectivity index (χ2n) is 3.81. The van der Waals surface area contributed by atoms with Crippen molar-refractivity contribution >= 4 is 5.69 Å². The lowest BCUT2D eigenvalue weighted by molar-refractivity contribution is 1.16. The molecule has 0 saturated carbocycles. The zero-order valence-corrected chi connectivity index (χ0v) is 9.71. The highest BCUT2D eigenvalue weighted by atomic mass is 14.6. The molecule has 0 fully saturated rings. The second-order valence-corrected chi connectivity index (χ2v) is 3.81. The molecule has 0 heterocycles. The molecule has 0 aliphatic rings. The summed E-state index contributed by atoms with van der Waals surface area (Å²) in [6.07, 6.45) is 8.14. The van der Waals surface area contributed by atoms with Gasteiger partial charge in [-0.1, -0.05) is 30.4 Å². The molecule has 0 atom stereocenters. The van der Waals surface area contributed by atoms with Gasteiger partial charge in [-0.05, 0) is 36.0 Å². The van der Waals surface area contributed by atoms with E-state index >= 15 is 0 Å². The van der Waals surface area contributed by atoms with Crippen LogP contribution in [0.4, 0.5) is 5.69 Å². The van der Waals surface area contributed by atoms with Crippen LogP contribution in [0.2, 0.25) is 0 Å². The standard InChI is InChI=1S/C15H19N/c1-4-7-12-10-13(8-5-2)15(16)14(11-12)9-6-3/h4-6,10-11H,1-3,7-9,16H2. The van der Waals surface area contributed by atoms with Crippen LogP contribution < -0.4 is 5.73 Å². The van der Waals surface area contributed by atoms with E-state index in [2.05, 4.69) is 31.9 Å². The Morgan fingerprint density at radius 2 is 1.31 bits per heavy atom. The Labute approximate surface area is 98.0 Å². The number of rotatable bonds is 6. The first-order chi connectivity index (χ1) is 7.72. The normalized spacial score (nSPS) is 9.75. The summed E-state index contributed by atoms with van der Waals surface area (Å²) in [5.41, 5.74) is 10.5. The Morgan fingerprint density at radius 3 is 1.69 bits per heavy atom. The summed E-state index contributed by atoms with van der Waals surface area (Å²) in [7, 11) is 0. The Balaban J connectivity index is 3.19. The smallest absolute Gasteiger partial charge is 0.0385 e. The Morgan fingerprint density at radius 1 is 0.875 bits per heavy atom. The molecule has 1 aromatic rings. The molecule has 0 unspecified atom stereocenters. The van der Waals surface area contributed by atoms with Gasteiger partial charge in [0.1, 0.15) is 0 Å². The number of benzene rings is 1. The third-order valence-corrected chi connectivity index (χ3v) is 2.52. The zero-order valence-electron chi connectivity index (χ0n) is 9.71. The van der Waals surface area contributed by atoms with Gasteiger partial charge in [0.25, 0.3) is 0 Å². The number of anilines is 1. The van der Waals surface area contributed by atoms with E-state index in [9.17, 15) is 0 Å². The number of nitrogens with two attached hydrogens (primary N) is 1. The summed E-state index contributed by atoms with van der Waals surface area (Å²) in [5.74, 6) is 0. The van der Waals surface area contributed by atoms with Crippen LogP contribution in [0.1, 0.15) is 16.7 Å². The molecule has 0 spiro atoms. The molecule has 1 nitrogen and oxygen atoms in total. The number of allylic oxidation sites excluding steroid dienone is 3. The zero-order chi connectivity index (χ0) is 12.0. The van der Waals surface area contributed by atoms with Crippen molar-refractivity contribution < 1.29 is 0 Å². The minimum Gasteiger partial charge on any atom is -0.398 e. The largest absolute Gasteiger partial charge is 0.398 e. The molecule has 84 valence electrons. The summed E-state index contributed by atoms with van der Waals surface area (Å²) in [6.45, 7) is 11.3. The average Bonchev–Trinajstić information content (AvgIpc) is 2.26. The fraction of sp³-hybridized carbons (Fsp3) is 0.200. The molecule has 0 amide bonds. The fourth-order valence-corrected chi connectivity index (χ4v) is 1.78. The summed E-state index contributed by atoms with van der Waals surface area (Å²) in [6, 6.07) is 4.26. The molecule has 0 saturated heterocycles. The summed E-state index contributed by atoms with van der Waals surface area (Å²) in [5, 5.41) is 0. The summed E-state index contributed by atoms with van der Waals surface area (Å²) >= 11 is 0. The van der Waals surface area contributed by atoms with Gasteiger partial charge in [-0.3, -0.25) is 0 Å². The monoisotopic (exact) mass is 213 g/mol. The lowest BCUT2D eigenvalue weighted by atomic mass is 9.97. The topological polar surface area (TPSA) is 26.0 Å². The van der Waals surface area contributed by atoms with Crippen LogP contribution in [0.5, 0.6) is 0 Å². The third-order valence-electron chi connectivity index (χ3n) is 2.52. The Hall–Kier alpha value is -1.76. The van der Waals surface area contributed by atoms with Crippen molar-refractivity contribution in [3.63, 3.8) is 0 Å². The van der Waals surface area contributed by atoms with Crippen LogP contribution in [0.3, 0.4) is 0 Å². The van der Waals surface area contributed by atoms with Gasteiger partial charge in [0, 0.05) is 5.69 Å². The molecule has 0 aromatic heterocycles. The summed E-state index contributed by atoms with van der Waals surface area (Å²) < 4.78 is 0. The van der Waals surface area contributed by atoms with E-state index in [4.69, 9.17) is 5.73 Å². The number of nitrogen functional groups attached to an aromatic ring is 1. The maximum Gasteiger partial charge on any atom is 0.0385 e. The van der Waals surface area contributed by atoms with Gasteiger partial charge in [-0.2, -0.15) is 0 Å². The van der Waals surface area contributed by atoms with E-state index < -0.39 is 0 Å². The predicted octanol–water partition coefficient (Wildman–Crippen LogP) is 3.45. The minimum absolute atomic E-state index is 0.807. The van der Waals surface area contributed by atoms with Gasteiger partial charge >= 0.3 is 0 Å². The van der Waals surface area contributed by atoms with Gasteiger partial charge in [-0.15, -0.1) is 19.7 Å². The highest BCUT2D eigenvalue weighted by Crippen LogP contribution is 2.22. The van der Waals surface area contributed by atoms with Crippen molar-refractivity contribution in [3.8, 4) is 0 Å². The fourth-order valence-electron chi connectivity index (χ4n) is 1.78. The third kappa shape index (κ3) is 2.86. The minimum atomic E-state index is 0.807. The Bertz CT molecular complexity index is 371. The van der Waals surface area contributed by atoms with Gasteiger partial charge in [0.05, 0.1) is 0 Å². The maximum atomic E-state index is 6.10. The van der Waals surface area contributed by atoms with Gasteiger partial charge < -0.3 is 5.73 Å². The van der Waals surface area contributed by atoms with Crippen molar-refractivity contribution in [2.24, 2.45) is 0 Å².